The molecule has 2 unspecified atom stereocenters. The second-order valence-corrected chi connectivity index (χ2v) is 5.55. The molecule has 1 aromatic heterocycles. The van der Waals surface area contributed by atoms with E-state index in [2.05, 4.69) is 17.1 Å². The van der Waals surface area contributed by atoms with Crippen molar-refractivity contribution in [1.82, 2.24) is 4.98 Å². The quantitative estimate of drug-likeness (QED) is 0.900. The third-order valence-corrected chi connectivity index (χ3v) is 4.57. The highest BCUT2D eigenvalue weighted by Gasteiger charge is 2.44. The number of hydrogen-bond donors (Lipinski definition) is 2. The summed E-state index contributed by atoms with van der Waals surface area (Å²) < 4.78 is 5.06. The average molecular weight is 284 g/mol. The molecule has 3 rings (SSSR count). The zero-order valence-corrected chi connectivity index (χ0v) is 12.1. The van der Waals surface area contributed by atoms with Crippen LogP contribution in [0.1, 0.15) is 29.2 Å². The standard InChI is InChI=1S/C17H20N2O2/c1-21-15-7-6-13(10-19-15)16(20)17(11-18)9-8-12-4-2-3-5-14(12)17/h2-7,10,16,20H,8-9,11,18H2,1H3. The van der Waals surface area contributed by atoms with Crippen LogP contribution in [0.2, 0.25) is 0 Å². The van der Waals surface area contributed by atoms with E-state index in [1.807, 2.05) is 18.2 Å². The van der Waals surface area contributed by atoms with Crippen molar-refractivity contribution in [3.05, 3.63) is 59.3 Å². The molecular formula is C17H20N2O2. The highest BCUT2D eigenvalue weighted by molar-refractivity contribution is 5.43. The zero-order chi connectivity index (χ0) is 14.9. The molecule has 1 heterocycles. The zero-order valence-electron chi connectivity index (χ0n) is 12.1. The van der Waals surface area contributed by atoms with Crippen molar-refractivity contribution in [1.29, 1.82) is 0 Å². The Hall–Kier alpha value is -1.91. The van der Waals surface area contributed by atoms with Crippen molar-refractivity contribution >= 4 is 0 Å². The van der Waals surface area contributed by atoms with Gasteiger partial charge in [-0.3, -0.25) is 0 Å². The predicted octanol–water partition coefficient (Wildman–Crippen LogP) is 1.97. The van der Waals surface area contributed by atoms with Crippen molar-refractivity contribution in [2.45, 2.75) is 24.4 Å². The minimum Gasteiger partial charge on any atom is -0.481 e. The number of pyridine rings is 1. The fourth-order valence-electron chi connectivity index (χ4n) is 3.32. The maximum absolute atomic E-state index is 10.9. The Labute approximate surface area is 124 Å². The average Bonchev–Trinajstić information content (AvgIpc) is 2.94. The normalized spacial score (nSPS) is 21.9. The van der Waals surface area contributed by atoms with E-state index in [-0.39, 0.29) is 0 Å². The Morgan fingerprint density at radius 2 is 2.14 bits per heavy atom. The van der Waals surface area contributed by atoms with Gasteiger partial charge in [-0.2, -0.15) is 0 Å². The molecule has 2 atom stereocenters. The Balaban J connectivity index is 2.00. The van der Waals surface area contributed by atoms with Gasteiger partial charge >= 0.3 is 0 Å². The van der Waals surface area contributed by atoms with Crippen molar-refractivity contribution in [2.75, 3.05) is 13.7 Å². The Kier molecular flexibility index (Phi) is 3.66. The largest absolute Gasteiger partial charge is 0.481 e. The monoisotopic (exact) mass is 284 g/mol. The fourth-order valence-corrected chi connectivity index (χ4v) is 3.32. The number of methoxy groups -OCH3 is 1. The Bertz CT molecular complexity index is 627. The topological polar surface area (TPSA) is 68.4 Å². The number of aromatic nitrogens is 1. The lowest BCUT2D eigenvalue weighted by Gasteiger charge is -2.34. The van der Waals surface area contributed by atoms with Crippen LogP contribution in [0.4, 0.5) is 0 Å². The summed E-state index contributed by atoms with van der Waals surface area (Å²) in [6.07, 6.45) is 2.82. The predicted molar refractivity (Wildman–Crippen MR) is 81.2 cm³/mol. The van der Waals surface area contributed by atoms with E-state index in [0.717, 1.165) is 24.0 Å². The molecule has 1 aliphatic rings. The Morgan fingerprint density at radius 1 is 1.33 bits per heavy atom. The molecule has 0 bridgehead atoms. The van der Waals surface area contributed by atoms with Crippen molar-refractivity contribution in [3.8, 4) is 5.88 Å². The summed E-state index contributed by atoms with van der Waals surface area (Å²) in [6, 6.07) is 11.9. The molecule has 0 amide bonds. The van der Waals surface area contributed by atoms with Gasteiger partial charge in [-0.1, -0.05) is 24.3 Å². The van der Waals surface area contributed by atoms with Gasteiger partial charge in [-0.15, -0.1) is 0 Å². The van der Waals surface area contributed by atoms with Gasteiger partial charge in [-0.25, -0.2) is 4.98 Å². The van der Waals surface area contributed by atoms with Gasteiger partial charge in [0, 0.05) is 29.8 Å². The van der Waals surface area contributed by atoms with Gasteiger partial charge in [0.2, 0.25) is 5.88 Å². The van der Waals surface area contributed by atoms with Crippen LogP contribution in [0.3, 0.4) is 0 Å². The molecule has 0 radical (unpaired) electrons. The van der Waals surface area contributed by atoms with Crippen molar-refractivity contribution in [2.24, 2.45) is 5.73 Å². The molecule has 3 N–H and O–H groups in total. The SMILES string of the molecule is COc1ccc(C(O)C2(CN)CCc3ccccc32)cn1. The molecular weight excluding hydrogens is 264 g/mol. The van der Waals surface area contributed by atoms with Gasteiger partial charge < -0.3 is 15.6 Å². The number of aliphatic hydroxyl groups is 1. The maximum Gasteiger partial charge on any atom is 0.212 e. The smallest absolute Gasteiger partial charge is 0.212 e. The van der Waals surface area contributed by atoms with Gasteiger partial charge in [0.15, 0.2) is 0 Å². The van der Waals surface area contributed by atoms with E-state index in [0.29, 0.717) is 12.4 Å². The van der Waals surface area contributed by atoms with Crippen LogP contribution in [0.25, 0.3) is 0 Å². The van der Waals surface area contributed by atoms with Gasteiger partial charge in [0.25, 0.3) is 0 Å². The number of aliphatic hydroxyl groups excluding tert-OH is 1. The summed E-state index contributed by atoms with van der Waals surface area (Å²) in [4.78, 5) is 4.19. The number of nitrogens with zero attached hydrogens (tertiary/aromatic N) is 1. The highest BCUT2D eigenvalue weighted by Crippen LogP contribution is 2.46. The molecule has 1 aromatic carbocycles. The van der Waals surface area contributed by atoms with Crippen molar-refractivity contribution < 1.29 is 9.84 Å². The van der Waals surface area contributed by atoms with E-state index in [1.54, 1.807) is 19.4 Å². The number of hydrogen-bond acceptors (Lipinski definition) is 4. The van der Waals surface area contributed by atoms with Crippen molar-refractivity contribution in [3.63, 3.8) is 0 Å². The third kappa shape index (κ3) is 2.20. The van der Waals surface area contributed by atoms with E-state index in [4.69, 9.17) is 10.5 Å². The molecule has 110 valence electrons. The third-order valence-electron chi connectivity index (χ3n) is 4.57. The molecule has 2 aromatic rings. The molecule has 4 nitrogen and oxygen atoms in total. The number of ether oxygens (including phenoxy) is 1. The van der Waals surface area contributed by atoms with Crippen LogP contribution in [0.15, 0.2) is 42.6 Å². The van der Waals surface area contributed by atoms with Crippen LogP contribution in [0.5, 0.6) is 5.88 Å². The first-order valence-electron chi connectivity index (χ1n) is 7.18. The number of rotatable bonds is 4. The van der Waals surface area contributed by atoms with E-state index in [1.165, 1.54) is 5.56 Å². The molecule has 0 spiro atoms. The molecule has 1 aliphatic carbocycles. The second-order valence-electron chi connectivity index (χ2n) is 5.55. The number of nitrogens with two attached hydrogens (primary N) is 1. The summed E-state index contributed by atoms with van der Waals surface area (Å²) in [5, 5.41) is 10.9. The molecule has 0 saturated carbocycles. The first kappa shape index (κ1) is 14.0. The minimum atomic E-state index is -0.662. The lowest BCUT2D eigenvalue weighted by molar-refractivity contribution is 0.0836. The van der Waals surface area contributed by atoms with E-state index < -0.39 is 11.5 Å². The lowest BCUT2D eigenvalue weighted by atomic mass is 9.74. The number of aryl methyl sites for hydroxylation is 1. The summed E-state index contributed by atoms with van der Waals surface area (Å²) >= 11 is 0. The van der Waals surface area contributed by atoms with Crippen LogP contribution >= 0.6 is 0 Å². The lowest BCUT2D eigenvalue weighted by Crippen LogP contribution is -2.39. The first-order chi connectivity index (χ1) is 10.2. The highest BCUT2D eigenvalue weighted by atomic mass is 16.5. The fraction of sp³-hybridized carbons (Fsp3) is 0.353. The minimum absolute atomic E-state index is 0.414. The van der Waals surface area contributed by atoms with Crippen LogP contribution in [0, 0.1) is 0 Å². The van der Waals surface area contributed by atoms with Gasteiger partial charge in [0.1, 0.15) is 0 Å². The second kappa shape index (κ2) is 5.47. The van der Waals surface area contributed by atoms with Crippen LogP contribution in [-0.4, -0.2) is 23.7 Å². The number of fused-ring (bicyclic) bond motifs is 1. The Morgan fingerprint density at radius 3 is 2.81 bits per heavy atom. The van der Waals surface area contributed by atoms with Crippen LogP contribution in [-0.2, 0) is 11.8 Å². The maximum atomic E-state index is 10.9. The van der Waals surface area contributed by atoms with Crippen LogP contribution < -0.4 is 10.5 Å². The summed E-state index contributed by atoms with van der Waals surface area (Å²) in [5.41, 5.74) is 8.87. The summed E-state index contributed by atoms with van der Waals surface area (Å²) in [5.74, 6) is 0.541. The summed E-state index contributed by atoms with van der Waals surface area (Å²) in [7, 11) is 1.58. The van der Waals surface area contributed by atoms with E-state index in [9.17, 15) is 5.11 Å². The molecule has 0 fully saturated rings. The summed E-state index contributed by atoms with van der Waals surface area (Å²) in [6.45, 7) is 0.414. The molecule has 4 heteroatoms. The molecule has 21 heavy (non-hydrogen) atoms. The molecule has 0 saturated heterocycles. The van der Waals surface area contributed by atoms with E-state index >= 15 is 0 Å². The first-order valence-corrected chi connectivity index (χ1v) is 7.18. The van der Waals surface area contributed by atoms with Gasteiger partial charge in [-0.05, 0) is 30.0 Å². The van der Waals surface area contributed by atoms with Gasteiger partial charge in [0.05, 0.1) is 13.2 Å². The molecule has 0 aliphatic heterocycles. The number of benzene rings is 1.